The molecule has 70 heavy (non-hydrogen) atoms. The Bertz CT molecular complexity index is 2550. The van der Waals surface area contributed by atoms with Gasteiger partial charge in [-0.05, 0) is 56.4 Å². The topological polar surface area (TPSA) is 487 Å². The van der Waals surface area contributed by atoms with Crippen molar-refractivity contribution in [1.29, 1.82) is 0 Å². The Labute approximate surface area is 392 Å². The van der Waals surface area contributed by atoms with E-state index in [4.69, 9.17) is 10.8 Å². The molecule has 0 radical (unpaired) electrons. The summed E-state index contributed by atoms with van der Waals surface area (Å²) in [6.45, 7) is -0.161. The van der Waals surface area contributed by atoms with Crippen molar-refractivity contribution in [2.45, 2.75) is 101 Å². The first kappa shape index (κ1) is 55.2. The summed E-state index contributed by atoms with van der Waals surface area (Å²) < 4.78 is 0. The van der Waals surface area contributed by atoms with Crippen LogP contribution in [0.5, 0.6) is 0 Å². The Morgan fingerprint density at radius 2 is 0.971 bits per heavy atom. The van der Waals surface area contributed by atoms with Gasteiger partial charge in [0.1, 0.15) is 30.2 Å². The Balaban J connectivity index is 1.48. The number of aromatic amines is 1. The molecule has 0 aliphatic heterocycles. The summed E-state index contributed by atoms with van der Waals surface area (Å²) in [4.78, 5) is 172. The van der Waals surface area contributed by atoms with E-state index in [9.17, 15) is 87.9 Å². The van der Waals surface area contributed by atoms with E-state index >= 15 is 0 Å². The molecule has 2 heterocycles. The number of hydrogen-bond donors (Lipinski definition) is 13. The molecule has 30 heteroatoms. The molecular formula is C40H47N11O19. The molecule has 0 bridgehead atoms. The lowest BCUT2D eigenvalue weighted by Gasteiger charge is -2.19. The van der Waals surface area contributed by atoms with Gasteiger partial charge in [-0.15, -0.1) is 0 Å². The third kappa shape index (κ3) is 17.9. The van der Waals surface area contributed by atoms with Crippen molar-refractivity contribution in [3.05, 3.63) is 52.1 Å². The molecule has 0 aliphatic rings. The minimum Gasteiger partial charge on any atom is -0.481 e. The molecule has 30 nitrogen and oxygen atoms in total. The van der Waals surface area contributed by atoms with E-state index in [1.54, 1.807) is 0 Å². The quantitative estimate of drug-likeness (QED) is 0.0294. The van der Waals surface area contributed by atoms with E-state index < -0.39 is 165 Å². The number of nitrogens with zero attached hydrogens (tertiary/aromatic N) is 4. The molecule has 0 fully saturated rings. The summed E-state index contributed by atoms with van der Waals surface area (Å²) in [5.74, 6) is -14.4. The van der Waals surface area contributed by atoms with E-state index in [1.165, 1.54) is 35.4 Å². The molecule has 1 aromatic carbocycles. The minimum absolute atomic E-state index is 0.0194. The maximum Gasteiger partial charge on any atom is 0.326 e. The molecule has 5 atom stereocenters. The minimum atomic E-state index is -1.75. The second kappa shape index (κ2) is 26.3. The third-order valence-corrected chi connectivity index (χ3v) is 9.83. The lowest BCUT2D eigenvalue weighted by Crippen LogP contribution is -2.46. The van der Waals surface area contributed by atoms with Gasteiger partial charge in [-0.3, -0.25) is 43.3 Å². The van der Waals surface area contributed by atoms with Crippen molar-refractivity contribution >= 4 is 94.6 Å². The average Bonchev–Trinajstić information content (AvgIpc) is 3.29. The number of H-pyrrole nitrogens is 1. The van der Waals surface area contributed by atoms with Gasteiger partial charge < -0.3 is 67.9 Å². The predicted octanol–water partition coefficient (Wildman–Crippen LogP) is -3.10. The fourth-order valence-electron chi connectivity index (χ4n) is 6.18. The molecule has 3 aromatic rings. The van der Waals surface area contributed by atoms with Crippen molar-refractivity contribution in [2.24, 2.45) is 0 Å². The molecule has 2 aromatic heterocycles. The second-order valence-electron chi connectivity index (χ2n) is 15.0. The summed E-state index contributed by atoms with van der Waals surface area (Å²) in [6, 6.07) is -3.18. The Hall–Kier alpha value is -9.12. The van der Waals surface area contributed by atoms with E-state index in [0.717, 1.165) is 0 Å². The number of hydrogen-bond acceptors (Lipinski definition) is 17. The van der Waals surface area contributed by atoms with Gasteiger partial charge in [-0.2, -0.15) is 4.98 Å². The SMILES string of the molecule is Nc1nc2ncc(CN(C=O)c3ccc(C(=O)NC(CCC(=O)NC(CCC(=O)NC(CCC(=O)NC(CCC(=O)NC(CCC(=O)O)C(=O)O)C(=O)O)C(=O)O)C(=O)O)C(=O)O)cc3)nc2c(=O)[nH]1. The van der Waals surface area contributed by atoms with E-state index in [1.807, 2.05) is 5.32 Å². The first-order chi connectivity index (χ1) is 33.0. The molecule has 5 unspecified atom stereocenters. The number of nitrogen functional groups attached to an aromatic ring is 1. The summed E-state index contributed by atoms with van der Waals surface area (Å²) in [5.41, 5.74) is 5.12. The van der Waals surface area contributed by atoms with Crippen molar-refractivity contribution in [1.82, 2.24) is 46.5 Å². The van der Waals surface area contributed by atoms with Gasteiger partial charge in [0, 0.05) is 43.4 Å². The van der Waals surface area contributed by atoms with Gasteiger partial charge in [0.2, 0.25) is 36.0 Å². The number of fused-ring (bicyclic) bond motifs is 1. The number of rotatable bonds is 30. The summed E-state index contributed by atoms with van der Waals surface area (Å²) in [7, 11) is 0. The van der Waals surface area contributed by atoms with Crippen LogP contribution in [0.15, 0.2) is 35.3 Å². The number of benzene rings is 1. The van der Waals surface area contributed by atoms with Crippen LogP contribution < -0.4 is 42.8 Å². The van der Waals surface area contributed by atoms with Gasteiger partial charge in [0.25, 0.3) is 11.5 Å². The maximum absolute atomic E-state index is 13.0. The van der Waals surface area contributed by atoms with Crippen LogP contribution in [0, 0.1) is 0 Å². The van der Waals surface area contributed by atoms with Crippen LogP contribution >= 0.6 is 0 Å². The fourth-order valence-corrected chi connectivity index (χ4v) is 6.18. The third-order valence-electron chi connectivity index (χ3n) is 9.83. The van der Waals surface area contributed by atoms with E-state index in [0.29, 0.717) is 6.41 Å². The molecule has 3 rings (SSSR count). The van der Waals surface area contributed by atoms with Crippen molar-refractivity contribution in [2.75, 3.05) is 10.6 Å². The zero-order valence-electron chi connectivity index (χ0n) is 36.5. The Morgan fingerprint density at radius 3 is 1.34 bits per heavy atom. The summed E-state index contributed by atoms with van der Waals surface area (Å²) in [6.07, 6.45) is -4.20. The van der Waals surface area contributed by atoms with Gasteiger partial charge >= 0.3 is 35.8 Å². The first-order valence-corrected chi connectivity index (χ1v) is 20.6. The second-order valence-corrected chi connectivity index (χ2v) is 15.0. The molecular weight excluding hydrogens is 938 g/mol. The molecule has 0 saturated carbocycles. The highest BCUT2D eigenvalue weighted by atomic mass is 16.4. The van der Waals surface area contributed by atoms with Crippen LogP contribution in [-0.4, -0.2) is 153 Å². The molecule has 6 amide bonds. The van der Waals surface area contributed by atoms with E-state index in [-0.39, 0.29) is 40.6 Å². The van der Waals surface area contributed by atoms with Crippen LogP contribution in [0.2, 0.25) is 0 Å². The highest BCUT2D eigenvalue weighted by Crippen LogP contribution is 2.17. The highest BCUT2D eigenvalue weighted by molar-refractivity contribution is 5.97. The number of carbonyl (C=O) groups is 12. The monoisotopic (exact) mass is 985 g/mol. The maximum atomic E-state index is 13.0. The van der Waals surface area contributed by atoms with Crippen LogP contribution in [0.4, 0.5) is 11.6 Å². The lowest BCUT2D eigenvalue weighted by atomic mass is 10.1. The largest absolute Gasteiger partial charge is 0.481 e. The van der Waals surface area contributed by atoms with Crippen molar-refractivity contribution in [3.8, 4) is 0 Å². The number of aliphatic carboxylic acids is 6. The standard InChI is InChI=1S/C40H47N11O19/c41-40-49-32-31(34(60)50-40)43-19(15-42-32)16-51(17-52)20-3-1-18(2-4-20)33(59)48-25(39(69)70)8-13-29(56)46-23(37(65)66)6-11-27(54)44-21(35(61)62)5-10-26(53)45-22(36(63)64)7-12-28(55)47-24(38(67)68)9-14-30(57)58/h1-4,15,17,21-25H,5-14,16H2,(H,44,54)(H,45,53)(H,46,56)(H,47,55)(H,48,59)(H,57,58)(H,61,62)(H,63,64)(H,65,66)(H,67,68)(H,69,70)(H3,41,42,49,50,60). The number of aromatic nitrogens is 4. The molecule has 376 valence electrons. The van der Waals surface area contributed by atoms with Crippen LogP contribution in [0.3, 0.4) is 0 Å². The smallest absolute Gasteiger partial charge is 0.326 e. The molecule has 0 saturated heterocycles. The summed E-state index contributed by atoms with van der Waals surface area (Å²) >= 11 is 0. The highest BCUT2D eigenvalue weighted by Gasteiger charge is 2.29. The normalized spacial score (nSPS) is 12.9. The number of nitrogens with two attached hydrogens (primary N) is 1. The number of carbonyl (C=O) groups excluding carboxylic acids is 6. The van der Waals surface area contributed by atoms with E-state index in [2.05, 4.69) is 41.2 Å². The molecule has 0 spiro atoms. The fraction of sp³-hybridized carbons (Fsp3) is 0.400. The predicted molar refractivity (Wildman–Crippen MR) is 232 cm³/mol. The van der Waals surface area contributed by atoms with Crippen molar-refractivity contribution < 1.29 is 88.2 Å². The van der Waals surface area contributed by atoms with Crippen LogP contribution in [-0.2, 0) is 59.3 Å². The number of carboxylic acid groups (broad SMARTS) is 6. The number of anilines is 2. The molecule has 0 aliphatic carbocycles. The number of carboxylic acids is 6. The van der Waals surface area contributed by atoms with Gasteiger partial charge in [0.15, 0.2) is 11.2 Å². The van der Waals surface area contributed by atoms with Crippen LogP contribution in [0.25, 0.3) is 11.2 Å². The molecule has 14 N–H and O–H groups in total. The zero-order chi connectivity index (χ0) is 52.2. The number of nitrogens with one attached hydrogen (secondary N) is 6. The Kier molecular flexibility index (Phi) is 20.7. The van der Waals surface area contributed by atoms with Gasteiger partial charge in [0.05, 0.1) is 18.4 Å². The average molecular weight is 986 g/mol. The zero-order valence-corrected chi connectivity index (χ0v) is 36.5. The Morgan fingerprint density at radius 1 is 0.586 bits per heavy atom. The van der Waals surface area contributed by atoms with Crippen molar-refractivity contribution in [3.63, 3.8) is 0 Å². The number of amides is 6. The van der Waals surface area contributed by atoms with Gasteiger partial charge in [-0.25, -0.2) is 33.9 Å². The summed E-state index contributed by atoms with van der Waals surface area (Å²) in [5, 5.41) is 66.9. The first-order valence-electron chi connectivity index (χ1n) is 20.6. The lowest BCUT2D eigenvalue weighted by molar-refractivity contribution is -0.144. The van der Waals surface area contributed by atoms with Gasteiger partial charge in [-0.1, -0.05) is 0 Å². The van der Waals surface area contributed by atoms with Crippen LogP contribution in [0.1, 0.15) is 80.3 Å².